The summed E-state index contributed by atoms with van der Waals surface area (Å²) in [5, 5.41) is 0.381. The van der Waals surface area contributed by atoms with Gasteiger partial charge in [-0.05, 0) is 23.8 Å². The third-order valence-electron chi connectivity index (χ3n) is 2.65. The predicted molar refractivity (Wildman–Crippen MR) is 64.6 cm³/mol. The van der Waals surface area contributed by atoms with Crippen LogP contribution in [0, 0.1) is 0 Å². The number of halogens is 1. The third kappa shape index (κ3) is 1.91. The van der Waals surface area contributed by atoms with Crippen molar-refractivity contribution < 1.29 is 14.4 Å². The molecule has 0 saturated carbocycles. The second kappa shape index (κ2) is 4.30. The van der Waals surface area contributed by atoms with Crippen molar-refractivity contribution in [3.63, 3.8) is 0 Å². The summed E-state index contributed by atoms with van der Waals surface area (Å²) in [7, 11) is 1.25. The number of nitrogens with zero attached hydrogens (tertiary/aromatic N) is 2. The highest BCUT2D eigenvalue weighted by molar-refractivity contribution is 6.44. The van der Waals surface area contributed by atoms with Gasteiger partial charge in [0.25, 0.3) is 0 Å². The SMILES string of the molecule is CN1C(=O)C(=O)N(Cc2cc(N)ccc2Cl)C1=O. The smallest absolute Gasteiger partial charge is 0.334 e. The molecule has 4 amide bonds. The number of anilines is 1. The molecular formula is C11H10ClN3O3. The summed E-state index contributed by atoms with van der Waals surface area (Å²) in [6.45, 7) is -0.0718. The zero-order chi connectivity index (χ0) is 13.4. The Morgan fingerprint density at radius 3 is 2.44 bits per heavy atom. The van der Waals surface area contributed by atoms with Crippen molar-refractivity contribution in [1.29, 1.82) is 0 Å². The molecule has 1 heterocycles. The molecule has 0 bridgehead atoms. The van der Waals surface area contributed by atoms with Crippen molar-refractivity contribution in [2.45, 2.75) is 6.54 Å². The molecule has 0 aromatic heterocycles. The van der Waals surface area contributed by atoms with Crippen LogP contribution in [-0.4, -0.2) is 34.7 Å². The van der Waals surface area contributed by atoms with Gasteiger partial charge in [0.2, 0.25) is 0 Å². The largest absolute Gasteiger partial charge is 0.399 e. The Bertz CT molecular complexity index is 558. The molecule has 1 fully saturated rings. The summed E-state index contributed by atoms with van der Waals surface area (Å²) in [6, 6.07) is 4.08. The molecule has 94 valence electrons. The number of hydrogen-bond acceptors (Lipinski definition) is 4. The van der Waals surface area contributed by atoms with E-state index in [1.165, 1.54) is 7.05 Å². The van der Waals surface area contributed by atoms with Crippen molar-refractivity contribution in [1.82, 2.24) is 9.80 Å². The Morgan fingerprint density at radius 1 is 1.22 bits per heavy atom. The van der Waals surface area contributed by atoms with Crippen molar-refractivity contribution >= 4 is 35.1 Å². The topological polar surface area (TPSA) is 83.7 Å². The molecule has 0 atom stereocenters. The van der Waals surface area contributed by atoms with Gasteiger partial charge < -0.3 is 5.73 Å². The summed E-state index contributed by atoms with van der Waals surface area (Å²) in [4.78, 5) is 36.2. The summed E-state index contributed by atoms with van der Waals surface area (Å²) < 4.78 is 0. The molecule has 0 spiro atoms. The van der Waals surface area contributed by atoms with Gasteiger partial charge in [-0.2, -0.15) is 0 Å². The van der Waals surface area contributed by atoms with Crippen molar-refractivity contribution in [2.24, 2.45) is 0 Å². The van der Waals surface area contributed by atoms with Gasteiger partial charge in [0.05, 0.1) is 6.54 Å². The maximum Gasteiger partial charge on any atom is 0.334 e. The Morgan fingerprint density at radius 2 is 1.89 bits per heavy atom. The van der Waals surface area contributed by atoms with E-state index in [-0.39, 0.29) is 6.54 Å². The van der Waals surface area contributed by atoms with Crippen LogP contribution in [0.5, 0.6) is 0 Å². The van der Waals surface area contributed by atoms with Crippen LogP contribution in [0.1, 0.15) is 5.56 Å². The summed E-state index contributed by atoms with van der Waals surface area (Å²) >= 11 is 5.94. The number of amides is 4. The fourth-order valence-electron chi connectivity index (χ4n) is 1.64. The number of carbonyl (C=O) groups is 3. The second-order valence-electron chi connectivity index (χ2n) is 3.89. The predicted octanol–water partition coefficient (Wildman–Crippen LogP) is 0.843. The van der Waals surface area contributed by atoms with Crippen LogP contribution in [0.15, 0.2) is 18.2 Å². The Hall–Kier alpha value is -2.08. The number of nitrogens with two attached hydrogens (primary N) is 1. The number of benzene rings is 1. The van der Waals surface area contributed by atoms with Crippen LogP contribution in [0.25, 0.3) is 0 Å². The van der Waals surface area contributed by atoms with Crippen LogP contribution in [0.3, 0.4) is 0 Å². The molecule has 2 N–H and O–H groups in total. The van der Waals surface area contributed by atoms with Crippen molar-refractivity contribution in [3.8, 4) is 0 Å². The van der Waals surface area contributed by atoms with Crippen molar-refractivity contribution in [2.75, 3.05) is 12.8 Å². The number of likely N-dealkylation sites (N-methyl/N-ethyl adjacent to an activating group) is 1. The average Bonchev–Trinajstić information content (AvgIpc) is 2.51. The number of hydrogen-bond donors (Lipinski definition) is 1. The van der Waals surface area contributed by atoms with E-state index in [0.29, 0.717) is 16.3 Å². The van der Waals surface area contributed by atoms with Gasteiger partial charge in [-0.1, -0.05) is 11.6 Å². The Kier molecular flexibility index (Phi) is 2.96. The first-order chi connectivity index (χ1) is 8.41. The molecule has 18 heavy (non-hydrogen) atoms. The lowest BCUT2D eigenvalue weighted by molar-refractivity contribution is -0.143. The second-order valence-corrected chi connectivity index (χ2v) is 4.30. The minimum atomic E-state index is -0.860. The number of urea groups is 1. The lowest BCUT2D eigenvalue weighted by Gasteiger charge is -2.14. The zero-order valence-electron chi connectivity index (χ0n) is 9.51. The number of imide groups is 2. The van der Waals surface area contributed by atoms with E-state index in [2.05, 4.69) is 0 Å². The average molecular weight is 268 g/mol. The van der Waals surface area contributed by atoms with E-state index in [9.17, 15) is 14.4 Å². The minimum Gasteiger partial charge on any atom is -0.399 e. The lowest BCUT2D eigenvalue weighted by atomic mass is 10.2. The van der Waals surface area contributed by atoms with Gasteiger partial charge in [-0.3, -0.25) is 19.4 Å². The van der Waals surface area contributed by atoms with Gasteiger partial charge >= 0.3 is 17.8 Å². The van der Waals surface area contributed by atoms with E-state index in [0.717, 1.165) is 9.80 Å². The Balaban J connectivity index is 2.29. The van der Waals surface area contributed by atoms with E-state index in [1.807, 2.05) is 0 Å². The minimum absolute atomic E-state index is 0.0718. The maximum atomic E-state index is 11.7. The lowest BCUT2D eigenvalue weighted by Crippen LogP contribution is -2.31. The van der Waals surface area contributed by atoms with Crippen LogP contribution >= 0.6 is 11.6 Å². The molecule has 1 saturated heterocycles. The highest BCUT2D eigenvalue weighted by atomic mass is 35.5. The van der Waals surface area contributed by atoms with Crippen LogP contribution in [0.4, 0.5) is 10.5 Å². The molecule has 1 aromatic carbocycles. The molecule has 7 heteroatoms. The summed E-state index contributed by atoms with van der Waals surface area (Å²) in [5.74, 6) is -1.71. The monoisotopic (exact) mass is 267 g/mol. The van der Waals surface area contributed by atoms with Gasteiger partial charge in [0.15, 0.2) is 0 Å². The summed E-state index contributed by atoms with van der Waals surface area (Å²) in [6.07, 6.45) is 0. The van der Waals surface area contributed by atoms with E-state index in [1.54, 1.807) is 18.2 Å². The van der Waals surface area contributed by atoms with Crippen molar-refractivity contribution in [3.05, 3.63) is 28.8 Å². The standard InChI is InChI=1S/C11H10ClN3O3/c1-14-9(16)10(17)15(11(14)18)5-6-4-7(13)2-3-8(6)12/h2-4H,5,13H2,1H3. The first kappa shape index (κ1) is 12.4. The molecule has 0 radical (unpaired) electrons. The van der Waals surface area contributed by atoms with Gasteiger partial charge in [0.1, 0.15) is 0 Å². The van der Waals surface area contributed by atoms with E-state index >= 15 is 0 Å². The molecule has 1 aliphatic heterocycles. The van der Waals surface area contributed by atoms with Crippen LogP contribution in [-0.2, 0) is 16.1 Å². The van der Waals surface area contributed by atoms with Gasteiger partial charge in [-0.25, -0.2) is 4.79 Å². The number of carbonyl (C=O) groups excluding carboxylic acids is 3. The van der Waals surface area contributed by atoms with E-state index < -0.39 is 17.8 Å². The van der Waals surface area contributed by atoms with E-state index in [4.69, 9.17) is 17.3 Å². The first-order valence-electron chi connectivity index (χ1n) is 5.09. The van der Waals surface area contributed by atoms with Crippen LogP contribution in [0.2, 0.25) is 5.02 Å². The van der Waals surface area contributed by atoms with Gasteiger partial charge in [-0.15, -0.1) is 0 Å². The zero-order valence-corrected chi connectivity index (χ0v) is 10.3. The summed E-state index contributed by atoms with van der Waals surface area (Å²) in [5.41, 5.74) is 6.58. The number of rotatable bonds is 2. The Labute approximate surface area is 108 Å². The van der Waals surface area contributed by atoms with Crippen LogP contribution < -0.4 is 5.73 Å². The molecule has 0 unspecified atom stereocenters. The fourth-order valence-corrected chi connectivity index (χ4v) is 1.82. The molecule has 1 aromatic rings. The third-order valence-corrected chi connectivity index (χ3v) is 3.02. The number of nitrogen functional groups attached to an aromatic ring is 1. The molecule has 0 aliphatic carbocycles. The molecule has 1 aliphatic rings. The highest BCUT2D eigenvalue weighted by Gasteiger charge is 2.42. The molecule has 6 nitrogen and oxygen atoms in total. The molecule has 2 rings (SSSR count). The van der Waals surface area contributed by atoms with Gasteiger partial charge in [0, 0.05) is 17.8 Å². The highest BCUT2D eigenvalue weighted by Crippen LogP contribution is 2.22. The quantitative estimate of drug-likeness (QED) is 0.489. The fraction of sp³-hybridized carbons (Fsp3) is 0.182. The maximum absolute atomic E-state index is 11.7. The first-order valence-corrected chi connectivity index (χ1v) is 5.47. The normalized spacial score (nSPS) is 15.8. The molecular weight excluding hydrogens is 258 g/mol.